The van der Waals surface area contributed by atoms with Gasteiger partial charge in [-0.1, -0.05) is 33.6 Å². The Bertz CT molecular complexity index is 704. The molecule has 0 radical (unpaired) electrons. The van der Waals surface area contributed by atoms with Gasteiger partial charge >= 0.3 is 0 Å². The number of alkyl halides is 1. The highest BCUT2D eigenvalue weighted by atomic mass is 79.9. The van der Waals surface area contributed by atoms with Crippen LogP contribution >= 0.6 is 50.2 Å². The lowest BCUT2D eigenvalue weighted by atomic mass is 10.2. The van der Waals surface area contributed by atoms with Gasteiger partial charge in [0.2, 0.25) is 0 Å². The molecule has 0 fully saturated rings. The van der Waals surface area contributed by atoms with Crippen LogP contribution in [0.15, 0.2) is 35.7 Å². The molecule has 2 aromatic heterocycles. The Kier molecular flexibility index (Phi) is 3.45. The summed E-state index contributed by atoms with van der Waals surface area (Å²) in [6.45, 7) is 0. The highest BCUT2D eigenvalue weighted by Crippen LogP contribution is 2.43. The third-order valence-electron chi connectivity index (χ3n) is 2.63. The van der Waals surface area contributed by atoms with Gasteiger partial charge in [0.15, 0.2) is 0 Å². The zero-order chi connectivity index (χ0) is 12.7. The topological polar surface area (TPSA) is 0 Å². The number of fused-ring (bicyclic) bond motifs is 1. The molecule has 1 atom stereocenters. The Balaban J connectivity index is 2.07. The lowest BCUT2D eigenvalue weighted by Gasteiger charge is -2.04. The molecule has 18 heavy (non-hydrogen) atoms. The predicted octanol–water partition coefficient (Wildman–Crippen LogP) is 6.24. The molecule has 0 aliphatic carbocycles. The van der Waals surface area contributed by atoms with Crippen LogP contribution in [0.3, 0.4) is 0 Å². The zero-order valence-electron chi connectivity index (χ0n) is 8.99. The number of halogens is 3. The Labute approximate surface area is 125 Å². The van der Waals surface area contributed by atoms with E-state index in [1.165, 1.54) is 6.07 Å². The third kappa shape index (κ3) is 2.23. The summed E-state index contributed by atoms with van der Waals surface area (Å²) in [6.07, 6.45) is 0. The van der Waals surface area contributed by atoms with Crippen LogP contribution in [0.1, 0.15) is 14.6 Å². The molecule has 0 bridgehead atoms. The lowest BCUT2D eigenvalue weighted by molar-refractivity contribution is 0.630. The van der Waals surface area contributed by atoms with E-state index in [1.54, 1.807) is 34.8 Å². The van der Waals surface area contributed by atoms with Crippen molar-refractivity contribution >= 4 is 60.3 Å². The third-order valence-corrected chi connectivity index (χ3v) is 6.77. The van der Waals surface area contributed by atoms with Crippen molar-refractivity contribution in [2.24, 2.45) is 0 Å². The van der Waals surface area contributed by atoms with Crippen molar-refractivity contribution in [2.75, 3.05) is 0 Å². The van der Waals surface area contributed by atoms with E-state index in [0.29, 0.717) is 0 Å². The average Bonchev–Trinajstić information content (AvgIpc) is 2.93. The molecule has 5 heteroatoms. The second-order valence-corrected chi connectivity index (χ2v) is 7.21. The predicted molar refractivity (Wildman–Crippen MR) is 81.9 cm³/mol. The first-order valence-electron chi connectivity index (χ1n) is 5.21. The van der Waals surface area contributed by atoms with Crippen LogP contribution in [0.2, 0.25) is 5.02 Å². The van der Waals surface area contributed by atoms with E-state index in [2.05, 4.69) is 22.0 Å². The molecule has 0 aliphatic heterocycles. The zero-order valence-corrected chi connectivity index (χ0v) is 13.0. The monoisotopic (exact) mass is 360 g/mol. The molecule has 0 nitrogen and oxygen atoms in total. The molecule has 2 heterocycles. The van der Waals surface area contributed by atoms with E-state index in [1.807, 2.05) is 11.4 Å². The summed E-state index contributed by atoms with van der Waals surface area (Å²) < 4.78 is 14.1. The number of hydrogen-bond acceptors (Lipinski definition) is 2. The van der Waals surface area contributed by atoms with E-state index in [-0.39, 0.29) is 10.6 Å². The second kappa shape index (κ2) is 4.93. The van der Waals surface area contributed by atoms with Crippen molar-refractivity contribution in [3.05, 3.63) is 56.3 Å². The summed E-state index contributed by atoms with van der Waals surface area (Å²) in [7, 11) is 0. The van der Waals surface area contributed by atoms with Crippen LogP contribution in [0.25, 0.3) is 10.1 Å². The molecule has 92 valence electrons. The van der Waals surface area contributed by atoms with Crippen molar-refractivity contribution in [3.63, 3.8) is 0 Å². The van der Waals surface area contributed by atoms with Crippen LogP contribution in [-0.4, -0.2) is 0 Å². The molecule has 0 aliphatic rings. The fraction of sp³-hybridized carbons (Fsp3) is 0.0769. The van der Waals surface area contributed by atoms with Gasteiger partial charge in [0.05, 0.1) is 9.85 Å². The minimum Gasteiger partial charge on any atom is -0.207 e. The summed E-state index contributed by atoms with van der Waals surface area (Å²) in [6, 6.07) is 8.83. The van der Waals surface area contributed by atoms with Gasteiger partial charge in [-0.05, 0) is 35.0 Å². The first-order valence-corrected chi connectivity index (χ1v) is 8.20. The Morgan fingerprint density at radius 2 is 2.06 bits per heavy atom. The SMILES string of the molecule is Fc1ccc2cc(C(Br)c3sccc3Cl)sc2c1. The second-order valence-electron chi connectivity index (χ2n) is 3.83. The normalized spacial score (nSPS) is 13.1. The van der Waals surface area contributed by atoms with E-state index < -0.39 is 0 Å². The number of rotatable bonds is 2. The number of thiophene rings is 2. The molecule has 3 rings (SSSR count). The first kappa shape index (κ1) is 12.6. The van der Waals surface area contributed by atoms with Crippen molar-refractivity contribution in [1.82, 2.24) is 0 Å². The fourth-order valence-corrected chi connectivity index (χ4v) is 5.19. The van der Waals surface area contributed by atoms with Gasteiger partial charge in [0, 0.05) is 14.5 Å². The van der Waals surface area contributed by atoms with Gasteiger partial charge in [0.25, 0.3) is 0 Å². The largest absolute Gasteiger partial charge is 0.207 e. The fourth-order valence-electron chi connectivity index (χ4n) is 1.77. The molecule has 0 N–H and O–H groups in total. The summed E-state index contributed by atoms with van der Waals surface area (Å²) in [4.78, 5) is 2.30. The van der Waals surface area contributed by atoms with Crippen LogP contribution in [-0.2, 0) is 0 Å². The van der Waals surface area contributed by atoms with E-state index in [9.17, 15) is 4.39 Å². The van der Waals surface area contributed by atoms with Crippen LogP contribution in [0.4, 0.5) is 4.39 Å². The van der Waals surface area contributed by atoms with Gasteiger partial charge in [-0.2, -0.15) is 0 Å². The van der Waals surface area contributed by atoms with Gasteiger partial charge in [0.1, 0.15) is 5.82 Å². The number of hydrogen-bond donors (Lipinski definition) is 0. The molecule has 0 spiro atoms. The van der Waals surface area contributed by atoms with Gasteiger partial charge in [-0.15, -0.1) is 22.7 Å². The van der Waals surface area contributed by atoms with Crippen LogP contribution < -0.4 is 0 Å². The molecular formula is C13H7BrClFS2. The molecule has 0 saturated heterocycles. The lowest BCUT2D eigenvalue weighted by Crippen LogP contribution is -1.84. The Morgan fingerprint density at radius 1 is 1.22 bits per heavy atom. The smallest absolute Gasteiger partial charge is 0.124 e. The van der Waals surface area contributed by atoms with E-state index in [4.69, 9.17) is 11.6 Å². The molecule has 1 unspecified atom stereocenters. The molecule has 0 saturated carbocycles. The quantitative estimate of drug-likeness (QED) is 0.474. The minimum atomic E-state index is -0.198. The van der Waals surface area contributed by atoms with Crippen molar-refractivity contribution in [3.8, 4) is 0 Å². The van der Waals surface area contributed by atoms with Crippen molar-refractivity contribution in [2.45, 2.75) is 4.83 Å². The molecule has 1 aromatic carbocycles. The van der Waals surface area contributed by atoms with Gasteiger partial charge in [-0.25, -0.2) is 4.39 Å². The molecule has 0 amide bonds. The van der Waals surface area contributed by atoms with Crippen LogP contribution in [0, 0.1) is 5.82 Å². The molecular weight excluding hydrogens is 355 g/mol. The maximum absolute atomic E-state index is 13.2. The molecule has 3 aromatic rings. The standard InChI is InChI=1S/C13H7BrClFS2/c14-12(13-9(15)3-4-17-13)11-5-7-1-2-8(16)6-10(7)18-11/h1-6,12H. The highest BCUT2D eigenvalue weighted by molar-refractivity contribution is 9.09. The van der Waals surface area contributed by atoms with E-state index in [0.717, 1.165) is 24.9 Å². The Morgan fingerprint density at radius 3 is 2.78 bits per heavy atom. The van der Waals surface area contributed by atoms with Gasteiger partial charge in [-0.3, -0.25) is 0 Å². The summed E-state index contributed by atoms with van der Waals surface area (Å²) >= 11 is 13.0. The summed E-state index contributed by atoms with van der Waals surface area (Å²) in [5.41, 5.74) is 0. The first-order chi connectivity index (χ1) is 8.65. The summed E-state index contributed by atoms with van der Waals surface area (Å²) in [5, 5.41) is 3.80. The maximum Gasteiger partial charge on any atom is 0.124 e. The van der Waals surface area contributed by atoms with Crippen molar-refractivity contribution < 1.29 is 4.39 Å². The minimum absolute atomic E-state index is 0.0745. The van der Waals surface area contributed by atoms with Gasteiger partial charge < -0.3 is 0 Å². The maximum atomic E-state index is 13.2. The van der Waals surface area contributed by atoms with E-state index >= 15 is 0 Å². The van der Waals surface area contributed by atoms with Crippen LogP contribution in [0.5, 0.6) is 0 Å². The van der Waals surface area contributed by atoms with Crippen molar-refractivity contribution in [1.29, 1.82) is 0 Å². The number of benzene rings is 1. The summed E-state index contributed by atoms with van der Waals surface area (Å²) in [5.74, 6) is -0.198. The highest BCUT2D eigenvalue weighted by Gasteiger charge is 2.17. The Hall–Kier alpha value is -0.420. The average molecular weight is 362 g/mol.